The van der Waals surface area contributed by atoms with Gasteiger partial charge in [0.15, 0.2) is 0 Å². The van der Waals surface area contributed by atoms with Gasteiger partial charge in [-0.1, -0.05) is 20.8 Å². The van der Waals surface area contributed by atoms with Gasteiger partial charge in [-0.25, -0.2) is 8.42 Å². The van der Waals surface area contributed by atoms with E-state index in [-0.39, 0.29) is 18.1 Å². The van der Waals surface area contributed by atoms with Gasteiger partial charge in [0, 0.05) is 18.3 Å². The fraction of sp³-hybridized carbons (Fsp3) is 1.00. The van der Waals surface area contributed by atoms with Gasteiger partial charge in [0.05, 0.1) is 12.4 Å². The molecule has 0 spiro atoms. The molecule has 0 aliphatic rings. The Morgan fingerprint density at radius 2 is 1.71 bits per heavy atom. The second-order valence-corrected chi connectivity index (χ2v) is 6.79. The molecule has 0 radical (unpaired) electrons. The number of aliphatic hydroxyl groups excluding tert-OH is 1. The van der Waals surface area contributed by atoms with Crippen molar-refractivity contribution in [2.75, 3.05) is 31.2 Å². The van der Waals surface area contributed by atoms with Gasteiger partial charge in [0.25, 0.3) is 0 Å². The lowest BCUT2D eigenvalue weighted by molar-refractivity contribution is 0.144. The van der Waals surface area contributed by atoms with Gasteiger partial charge in [0.2, 0.25) is 0 Å². The summed E-state index contributed by atoms with van der Waals surface area (Å²) in [5.74, 6) is 0.476. The molecule has 0 atom stereocenters. The lowest BCUT2D eigenvalue weighted by Crippen LogP contribution is -2.38. The van der Waals surface area contributed by atoms with Crippen LogP contribution in [0.2, 0.25) is 0 Å². The minimum atomic E-state index is -2.86. The van der Waals surface area contributed by atoms with Crippen LogP contribution in [0.1, 0.15) is 40.0 Å². The van der Waals surface area contributed by atoms with E-state index < -0.39 is 9.84 Å². The molecular formula is C12H27NO3S. The summed E-state index contributed by atoms with van der Waals surface area (Å²) in [7, 11) is -2.86. The summed E-state index contributed by atoms with van der Waals surface area (Å²) < 4.78 is 22.8. The molecule has 0 rings (SSSR count). The van der Waals surface area contributed by atoms with Crippen molar-refractivity contribution in [1.29, 1.82) is 0 Å². The van der Waals surface area contributed by atoms with E-state index in [4.69, 9.17) is 5.11 Å². The van der Waals surface area contributed by atoms with Gasteiger partial charge in [-0.3, -0.25) is 4.90 Å². The summed E-state index contributed by atoms with van der Waals surface area (Å²) in [5, 5.41) is 9.02. The van der Waals surface area contributed by atoms with Crippen LogP contribution in [0.3, 0.4) is 0 Å². The van der Waals surface area contributed by atoms with Crippen LogP contribution in [0.25, 0.3) is 0 Å². The molecule has 0 heterocycles. The highest BCUT2D eigenvalue weighted by molar-refractivity contribution is 7.91. The van der Waals surface area contributed by atoms with Crippen molar-refractivity contribution < 1.29 is 13.5 Å². The minimum absolute atomic E-state index is 0.136. The monoisotopic (exact) mass is 265 g/mol. The molecular weight excluding hydrogens is 238 g/mol. The molecule has 0 saturated carbocycles. The van der Waals surface area contributed by atoms with Gasteiger partial charge < -0.3 is 5.11 Å². The zero-order chi connectivity index (χ0) is 13.3. The molecule has 0 unspecified atom stereocenters. The van der Waals surface area contributed by atoms with Crippen molar-refractivity contribution in [3.8, 4) is 0 Å². The molecule has 4 nitrogen and oxygen atoms in total. The van der Waals surface area contributed by atoms with E-state index in [9.17, 15) is 8.42 Å². The Morgan fingerprint density at radius 3 is 2.12 bits per heavy atom. The second-order valence-electron chi connectivity index (χ2n) is 4.32. The van der Waals surface area contributed by atoms with Crippen molar-refractivity contribution in [2.24, 2.45) is 0 Å². The van der Waals surface area contributed by atoms with Crippen molar-refractivity contribution in [3.05, 3.63) is 0 Å². The minimum Gasteiger partial charge on any atom is -0.395 e. The molecule has 1 N–H and O–H groups in total. The van der Waals surface area contributed by atoms with Gasteiger partial charge in [-0.2, -0.15) is 0 Å². The molecule has 104 valence electrons. The maximum atomic E-state index is 11.4. The highest BCUT2D eigenvalue weighted by atomic mass is 32.2. The molecule has 0 aromatic rings. The third-order valence-electron chi connectivity index (χ3n) is 3.19. The molecule has 0 fully saturated rings. The molecule has 0 bridgehead atoms. The number of hydrogen-bond acceptors (Lipinski definition) is 4. The quantitative estimate of drug-likeness (QED) is 0.647. The predicted octanol–water partition coefficient (Wildman–Crippen LogP) is 1.29. The van der Waals surface area contributed by atoms with Crippen LogP contribution in [-0.4, -0.2) is 55.7 Å². The largest absolute Gasteiger partial charge is 0.395 e. The van der Waals surface area contributed by atoms with Gasteiger partial charge >= 0.3 is 0 Å². The third-order valence-corrected chi connectivity index (χ3v) is 4.98. The average molecular weight is 265 g/mol. The van der Waals surface area contributed by atoms with Crippen LogP contribution in [0, 0.1) is 0 Å². The van der Waals surface area contributed by atoms with E-state index in [1.165, 1.54) is 0 Å². The maximum absolute atomic E-state index is 11.4. The number of rotatable bonds is 10. The van der Waals surface area contributed by atoms with E-state index in [0.29, 0.717) is 19.0 Å². The summed E-state index contributed by atoms with van der Waals surface area (Å²) in [6, 6.07) is 0.450. The summed E-state index contributed by atoms with van der Waals surface area (Å²) in [5.41, 5.74) is 0. The first-order chi connectivity index (χ1) is 8.00. The van der Waals surface area contributed by atoms with Crippen molar-refractivity contribution in [1.82, 2.24) is 4.90 Å². The Balaban J connectivity index is 4.17. The summed E-state index contributed by atoms with van der Waals surface area (Å²) in [6.45, 7) is 7.46. The van der Waals surface area contributed by atoms with Gasteiger partial charge in [0.1, 0.15) is 9.84 Å². The summed E-state index contributed by atoms with van der Waals surface area (Å²) in [4.78, 5) is 2.20. The lowest BCUT2D eigenvalue weighted by atomic mass is 10.1. The fourth-order valence-corrected chi connectivity index (χ4v) is 2.90. The van der Waals surface area contributed by atoms with E-state index in [1.807, 2.05) is 0 Å². The number of hydrogen-bond donors (Lipinski definition) is 1. The van der Waals surface area contributed by atoms with Gasteiger partial charge in [-0.05, 0) is 25.8 Å². The Morgan fingerprint density at radius 1 is 1.12 bits per heavy atom. The first kappa shape index (κ1) is 16.9. The predicted molar refractivity (Wildman–Crippen MR) is 72.0 cm³/mol. The normalized spacial score (nSPS) is 12.6. The van der Waals surface area contributed by atoms with Crippen LogP contribution >= 0.6 is 0 Å². The molecule has 0 aromatic heterocycles. The van der Waals surface area contributed by atoms with Crippen LogP contribution in [0.4, 0.5) is 0 Å². The Bertz CT molecular complexity index is 273. The van der Waals surface area contributed by atoms with Crippen molar-refractivity contribution in [3.63, 3.8) is 0 Å². The van der Waals surface area contributed by atoms with Gasteiger partial charge in [-0.15, -0.1) is 0 Å². The van der Waals surface area contributed by atoms with Crippen LogP contribution in [-0.2, 0) is 9.84 Å². The SMILES string of the molecule is CCC(CC)N(CCO)CCCS(=O)(=O)CC. The highest BCUT2D eigenvalue weighted by Crippen LogP contribution is 2.09. The fourth-order valence-electron chi connectivity index (χ4n) is 2.04. The standard InChI is InChI=1S/C12H27NO3S/c1-4-12(5-2)13(9-10-14)8-7-11-17(15,16)6-3/h12,14H,4-11H2,1-3H3. The Kier molecular flexibility index (Phi) is 8.82. The average Bonchev–Trinajstić information content (AvgIpc) is 2.30. The molecule has 0 aliphatic heterocycles. The first-order valence-corrected chi connectivity index (χ1v) is 8.38. The first-order valence-electron chi connectivity index (χ1n) is 6.56. The highest BCUT2D eigenvalue weighted by Gasteiger charge is 2.15. The molecule has 0 aromatic carbocycles. The molecule has 5 heteroatoms. The van der Waals surface area contributed by atoms with E-state index in [2.05, 4.69) is 18.7 Å². The van der Waals surface area contributed by atoms with Crippen molar-refractivity contribution >= 4 is 9.84 Å². The number of sulfone groups is 1. The van der Waals surface area contributed by atoms with Crippen molar-refractivity contribution in [2.45, 2.75) is 46.1 Å². The maximum Gasteiger partial charge on any atom is 0.150 e. The molecule has 17 heavy (non-hydrogen) atoms. The Hall–Kier alpha value is -0.130. The summed E-state index contributed by atoms with van der Waals surface area (Å²) >= 11 is 0. The number of aliphatic hydroxyl groups is 1. The zero-order valence-electron chi connectivity index (χ0n) is 11.4. The van der Waals surface area contributed by atoms with Crippen LogP contribution in [0.5, 0.6) is 0 Å². The zero-order valence-corrected chi connectivity index (χ0v) is 12.2. The van der Waals surface area contributed by atoms with E-state index in [0.717, 1.165) is 19.4 Å². The number of nitrogens with zero attached hydrogens (tertiary/aromatic N) is 1. The topological polar surface area (TPSA) is 57.6 Å². The summed E-state index contributed by atoms with van der Waals surface area (Å²) in [6.07, 6.45) is 2.74. The smallest absolute Gasteiger partial charge is 0.150 e. The van der Waals surface area contributed by atoms with Crippen LogP contribution in [0.15, 0.2) is 0 Å². The van der Waals surface area contributed by atoms with E-state index in [1.54, 1.807) is 6.92 Å². The third kappa shape index (κ3) is 7.01. The second kappa shape index (κ2) is 8.89. The lowest BCUT2D eigenvalue weighted by Gasteiger charge is -2.29. The van der Waals surface area contributed by atoms with E-state index >= 15 is 0 Å². The molecule has 0 saturated heterocycles. The van der Waals surface area contributed by atoms with Crippen LogP contribution < -0.4 is 0 Å². The molecule has 0 amide bonds. The molecule has 0 aliphatic carbocycles. The Labute approximate surface area is 106 Å².